The summed E-state index contributed by atoms with van der Waals surface area (Å²) in [5, 5.41) is 11.1. The summed E-state index contributed by atoms with van der Waals surface area (Å²) in [4.78, 5) is 7.32. The molecule has 1 aliphatic heterocycles. The van der Waals surface area contributed by atoms with E-state index in [1.807, 2.05) is 18.7 Å². The van der Waals surface area contributed by atoms with Crippen LogP contribution in [0.25, 0.3) is 22.3 Å². The van der Waals surface area contributed by atoms with Crippen molar-refractivity contribution in [1.29, 1.82) is 0 Å². The number of benzene rings is 2. The van der Waals surface area contributed by atoms with Gasteiger partial charge < -0.3 is 9.47 Å². The molecule has 2 atom stereocenters. The Morgan fingerprint density at radius 1 is 1.03 bits per heavy atom. The number of hydrogen-bond donors (Lipinski definition) is 0. The number of hydrogen-bond acceptors (Lipinski definition) is 5. The van der Waals surface area contributed by atoms with Crippen molar-refractivity contribution in [2.45, 2.75) is 30.3 Å². The molecule has 0 bridgehead atoms. The lowest BCUT2D eigenvalue weighted by molar-refractivity contribution is 0.299. The van der Waals surface area contributed by atoms with E-state index in [1.54, 1.807) is 0 Å². The maximum Gasteiger partial charge on any atom is 0.191 e. The van der Waals surface area contributed by atoms with E-state index in [-0.39, 0.29) is 0 Å². The summed E-state index contributed by atoms with van der Waals surface area (Å²) < 4.78 is 2.12. The highest BCUT2D eigenvalue weighted by Gasteiger charge is 2.60. The smallest absolute Gasteiger partial charge is 0.191 e. The largest absolute Gasteiger partial charge is 0.305 e. The van der Waals surface area contributed by atoms with Gasteiger partial charge in [-0.2, -0.15) is 0 Å². The minimum absolute atomic E-state index is 0.443. The van der Waals surface area contributed by atoms with Crippen LogP contribution in [-0.4, -0.2) is 50.0 Å². The standard InChI is InChI=1S/C27H29N5S/c1-19-12-13-22-23(10-6-11-24(22)28-19)25-29-30-26(31(25)2)33-15-7-14-32-17-21-16-27(21,18-32)20-8-4-3-5-9-20/h3-6,8-13,21H,7,14-18H2,1-2H3/t21-,27+/m1/s1. The minimum atomic E-state index is 0.443. The summed E-state index contributed by atoms with van der Waals surface area (Å²) in [6.07, 6.45) is 2.54. The molecule has 2 fully saturated rings. The topological polar surface area (TPSA) is 46.8 Å². The van der Waals surface area contributed by atoms with Crippen molar-refractivity contribution in [3.63, 3.8) is 0 Å². The van der Waals surface area contributed by atoms with Gasteiger partial charge in [-0.1, -0.05) is 60.3 Å². The zero-order valence-electron chi connectivity index (χ0n) is 19.2. The van der Waals surface area contributed by atoms with Crippen molar-refractivity contribution in [1.82, 2.24) is 24.6 Å². The number of nitrogens with zero attached hydrogens (tertiary/aromatic N) is 5. The van der Waals surface area contributed by atoms with E-state index in [9.17, 15) is 0 Å². The number of fused-ring (bicyclic) bond motifs is 2. The van der Waals surface area contributed by atoms with Crippen molar-refractivity contribution < 1.29 is 0 Å². The Hall–Kier alpha value is -2.70. The van der Waals surface area contributed by atoms with Gasteiger partial charge in [0.1, 0.15) is 0 Å². The zero-order chi connectivity index (χ0) is 22.4. The Balaban J connectivity index is 1.07. The summed E-state index contributed by atoms with van der Waals surface area (Å²) in [6, 6.07) is 21.5. The molecule has 0 N–H and O–H groups in total. The molecule has 6 heteroatoms. The van der Waals surface area contributed by atoms with E-state index >= 15 is 0 Å². The first-order chi connectivity index (χ1) is 16.1. The minimum Gasteiger partial charge on any atom is -0.305 e. The molecule has 6 rings (SSSR count). The molecule has 2 aromatic carbocycles. The Morgan fingerprint density at radius 3 is 2.79 bits per heavy atom. The van der Waals surface area contributed by atoms with Gasteiger partial charge in [0.25, 0.3) is 0 Å². The number of thioether (sulfide) groups is 1. The molecule has 3 heterocycles. The third-order valence-electron chi connectivity index (χ3n) is 7.36. The van der Waals surface area contributed by atoms with Crippen LogP contribution in [0, 0.1) is 12.8 Å². The molecule has 0 radical (unpaired) electrons. The quantitative estimate of drug-likeness (QED) is 0.287. The van der Waals surface area contributed by atoms with Gasteiger partial charge >= 0.3 is 0 Å². The molecule has 1 saturated carbocycles. The Bertz CT molecular complexity index is 1300. The second-order valence-corrected chi connectivity index (χ2v) is 10.6. The summed E-state index contributed by atoms with van der Waals surface area (Å²) in [5.74, 6) is 2.81. The van der Waals surface area contributed by atoms with Gasteiger partial charge in [0.2, 0.25) is 0 Å². The third-order valence-corrected chi connectivity index (χ3v) is 8.47. The average molecular weight is 456 g/mol. The number of aryl methyl sites for hydroxylation is 1. The number of piperidine rings is 1. The van der Waals surface area contributed by atoms with Gasteiger partial charge in [-0.3, -0.25) is 4.98 Å². The highest BCUT2D eigenvalue weighted by molar-refractivity contribution is 7.99. The molecule has 4 aromatic rings. The molecule has 2 aliphatic rings. The number of likely N-dealkylation sites (tertiary alicyclic amines) is 1. The predicted molar refractivity (Wildman–Crippen MR) is 134 cm³/mol. The van der Waals surface area contributed by atoms with Crippen molar-refractivity contribution in [2.24, 2.45) is 13.0 Å². The molecule has 0 spiro atoms. The second kappa shape index (κ2) is 8.26. The van der Waals surface area contributed by atoms with Crippen LogP contribution < -0.4 is 0 Å². The lowest BCUT2D eigenvalue weighted by Crippen LogP contribution is -2.27. The maximum atomic E-state index is 4.66. The molecule has 0 unspecified atom stereocenters. The number of aromatic nitrogens is 4. The fourth-order valence-corrected chi connectivity index (χ4v) is 6.39. The summed E-state index contributed by atoms with van der Waals surface area (Å²) in [7, 11) is 2.07. The van der Waals surface area contributed by atoms with Crippen LogP contribution in [0.3, 0.4) is 0 Å². The molecule has 0 amide bonds. The van der Waals surface area contributed by atoms with Gasteiger partial charge in [0.05, 0.1) is 5.52 Å². The van der Waals surface area contributed by atoms with Gasteiger partial charge in [-0.25, -0.2) is 0 Å². The Morgan fingerprint density at radius 2 is 1.91 bits per heavy atom. The van der Waals surface area contributed by atoms with Gasteiger partial charge in [0.15, 0.2) is 11.0 Å². The van der Waals surface area contributed by atoms with Gasteiger partial charge in [0, 0.05) is 47.9 Å². The second-order valence-electron chi connectivity index (χ2n) is 9.55. The number of rotatable bonds is 7. The van der Waals surface area contributed by atoms with Crippen LogP contribution in [0.15, 0.2) is 65.8 Å². The van der Waals surface area contributed by atoms with E-state index in [2.05, 4.69) is 92.4 Å². The van der Waals surface area contributed by atoms with Crippen LogP contribution in [0.4, 0.5) is 0 Å². The molecule has 2 aromatic heterocycles. The molecule has 1 saturated heterocycles. The monoisotopic (exact) mass is 455 g/mol. The summed E-state index contributed by atoms with van der Waals surface area (Å²) in [6.45, 7) is 5.66. The zero-order valence-corrected chi connectivity index (χ0v) is 20.1. The fraction of sp³-hybridized carbons (Fsp3) is 0.370. The van der Waals surface area contributed by atoms with E-state index in [1.165, 1.54) is 31.5 Å². The van der Waals surface area contributed by atoms with Crippen molar-refractivity contribution in [3.8, 4) is 11.4 Å². The molecule has 1 aliphatic carbocycles. The molecule has 5 nitrogen and oxygen atoms in total. The SMILES string of the molecule is Cc1ccc2c(-c3nnc(SCCCN4C[C@H]5C[C@@]5(c5ccccc5)C4)n3C)cccc2n1. The first kappa shape index (κ1) is 20.9. The first-order valence-corrected chi connectivity index (χ1v) is 12.8. The summed E-state index contributed by atoms with van der Waals surface area (Å²) >= 11 is 1.81. The Kier molecular flexibility index (Phi) is 5.23. The predicted octanol–water partition coefficient (Wildman–Crippen LogP) is 5.09. The Labute approximate surface area is 199 Å². The van der Waals surface area contributed by atoms with Crippen LogP contribution in [0.1, 0.15) is 24.1 Å². The third kappa shape index (κ3) is 3.75. The van der Waals surface area contributed by atoms with Crippen LogP contribution in [0.5, 0.6) is 0 Å². The highest BCUT2D eigenvalue weighted by atomic mass is 32.2. The van der Waals surface area contributed by atoms with E-state index < -0.39 is 0 Å². The molecular formula is C27H29N5S. The summed E-state index contributed by atoms with van der Waals surface area (Å²) in [5.41, 5.74) is 5.10. The van der Waals surface area contributed by atoms with Crippen LogP contribution in [-0.2, 0) is 12.5 Å². The number of pyridine rings is 1. The lowest BCUT2D eigenvalue weighted by Gasteiger charge is -2.20. The van der Waals surface area contributed by atoms with E-state index in [4.69, 9.17) is 0 Å². The van der Waals surface area contributed by atoms with Gasteiger partial charge in [-0.05, 0) is 49.9 Å². The van der Waals surface area contributed by atoms with Crippen LogP contribution in [0.2, 0.25) is 0 Å². The average Bonchev–Trinajstić information content (AvgIpc) is 3.22. The van der Waals surface area contributed by atoms with Crippen molar-refractivity contribution in [3.05, 3.63) is 71.9 Å². The normalized spacial score (nSPS) is 22.1. The van der Waals surface area contributed by atoms with Crippen molar-refractivity contribution in [2.75, 3.05) is 25.4 Å². The lowest BCUT2D eigenvalue weighted by atomic mass is 9.95. The molecule has 33 heavy (non-hydrogen) atoms. The van der Waals surface area contributed by atoms with Crippen molar-refractivity contribution >= 4 is 22.7 Å². The molecule has 168 valence electrons. The highest BCUT2D eigenvalue weighted by Crippen LogP contribution is 2.58. The molecular weight excluding hydrogens is 426 g/mol. The van der Waals surface area contributed by atoms with E-state index in [0.29, 0.717) is 5.41 Å². The van der Waals surface area contributed by atoms with Gasteiger partial charge in [-0.15, -0.1) is 10.2 Å². The van der Waals surface area contributed by atoms with Crippen LogP contribution >= 0.6 is 11.8 Å². The fourth-order valence-electron chi connectivity index (χ4n) is 5.55. The van der Waals surface area contributed by atoms with E-state index in [0.717, 1.165) is 51.4 Å². The first-order valence-electron chi connectivity index (χ1n) is 11.8. The maximum absolute atomic E-state index is 4.66.